The van der Waals surface area contributed by atoms with Gasteiger partial charge in [-0.15, -0.1) is 10.2 Å². The van der Waals surface area contributed by atoms with Crippen molar-refractivity contribution in [2.75, 3.05) is 29.9 Å². The van der Waals surface area contributed by atoms with E-state index in [-0.39, 0.29) is 0 Å². The SMILES string of the molecule is c1cc2cnnc(NCC3CN(c4cc5c(nn4)CCC5)C3)c2o1. The highest BCUT2D eigenvalue weighted by molar-refractivity contribution is 5.85. The van der Waals surface area contributed by atoms with E-state index < -0.39 is 0 Å². The fourth-order valence-electron chi connectivity index (χ4n) is 3.52. The molecule has 1 fully saturated rings. The van der Waals surface area contributed by atoms with Gasteiger partial charge in [0.15, 0.2) is 17.2 Å². The number of hydrogen-bond acceptors (Lipinski definition) is 7. The first-order valence-corrected chi connectivity index (χ1v) is 8.40. The first kappa shape index (κ1) is 13.7. The van der Waals surface area contributed by atoms with Crippen molar-refractivity contribution in [3.63, 3.8) is 0 Å². The highest BCUT2D eigenvalue weighted by Gasteiger charge is 2.29. The Hall–Kier alpha value is -2.70. The third-order valence-corrected chi connectivity index (χ3v) is 4.91. The molecule has 7 nitrogen and oxygen atoms in total. The number of aromatic nitrogens is 4. The van der Waals surface area contributed by atoms with Crippen LogP contribution in [-0.2, 0) is 12.8 Å². The van der Waals surface area contributed by atoms with Gasteiger partial charge in [0.1, 0.15) is 0 Å². The van der Waals surface area contributed by atoms with Gasteiger partial charge in [-0.3, -0.25) is 0 Å². The minimum atomic E-state index is 0.562. The molecule has 1 N–H and O–H groups in total. The molecule has 2 aliphatic rings. The van der Waals surface area contributed by atoms with Crippen molar-refractivity contribution in [2.24, 2.45) is 5.92 Å². The molecule has 0 atom stereocenters. The van der Waals surface area contributed by atoms with Gasteiger partial charge in [-0.25, -0.2) is 0 Å². The van der Waals surface area contributed by atoms with Crippen molar-refractivity contribution in [2.45, 2.75) is 19.3 Å². The molecule has 122 valence electrons. The Labute approximate surface area is 139 Å². The Morgan fingerprint density at radius 2 is 2.17 bits per heavy atom. The van der Waals surface area contributed by atoms with Crippen LogP contribution in [0.2, 0.25) is 0 Å². The predicted molar refractivity (Wildman–Crippen MR) is 90.1 cm³/mol. The van der Waals surface area contributed by atoms with E-state index in [1.165, 1.54) is 17.7 Å². The largest absolute Gasteiger partial charge is 0.460 e. The smallest absolute Gasteiger partial charge is 0.192 e. The monoisotopic (exact) mass is 322 g/mol. The van der Waals surface area contributed by atoms with Gasteiger partial charge in [0.25, 0.3) is 0 Å². The van der Waals surface area contributed by atoms with E-state index in [9.17, 15) is 0 Å². The van der Waals surface area contributed by atoms with E-state index in [4.69, 9.17) is 4.42 Å². The molecule has 7 heteroatoms. The molecule has 1 aliphatic heterocycles. The maximum atomic E-state index is 5.47. The minimum Gasteiger partial charge on any atom is -0.460 e. The summed E-state index contributed by atoms with van der Waals surface area (Å²) in [5, 5.41) is 21.2. The van der Waals surface area contributed by atoms with E-state index in [0.717, 1.165) is 49.3 Å². The molecular formula is C17H18N6O. The fourth-order valence-corrected chi connectivity index (χ4v) is 3.52. The molecule has 0 saturated carbocycles. The first-order valence-electron chi connectivity index (χ1n) is 8.40. The summed E-state index contributed by atoms with van der Waals surface area (Å²) in [5.41, 5.74) is 3.33. The van der Waals surface area contributed by atoms with Crippen LogP contribution in [-0.4, -0.2) is 40.0 Å². The van der Waals surface area contributed by atoms with Crippen LogP contribution in [0.5, 0.6) is 0 Å². The highest BCUT2D eigenvalue weighted by atomic mass is 16.3. The Bertz CT molecular complexity index is 886. The number of fused-ring (bicyclic) bond motifs is 2. The summed E-state index contributed by atoms with van der Waals surface area (Å²) in [4.78, 5) is 2.29. The quantitative estimate of drug-likeness (QED) is 0.787. The maximum absolute atomic E-state index is 5.47. The van der Waals surface area contributed by atoms with Crippen molar-refractivity contribution < 1.29 is 4.42 Å². The summed E-state index contributed by atoms with van der Waals surface area (Å²) >= 11 is 0. The molecule has 0 spiro atoms. The van der Waals surface area contributed by atoms with Gasteiger partial charge < -0.3 is 14.6 Å². The van der Waals surface area contributed by atoms with Gasteiger partial charge in [0, 0.05) is 30.9 Å². The van der Waals surface area contributed by atoms with E-state index in [0.29, 0.717) is 11.7 Å². The van der Waals surface area contributed by atoms with E-state index in [1.807, 2.05) is 6.07 Å². The van der Waals surface area contributed by atoms with Crippen LogP contribution in [0, 0.1) is 5.92 Å². The standard InChI is InChI=1S/C17H18N6O/c1-2-12-6-15(21-20-14(12)3-1)23-9-11(10-23)7-18-17-16-13(4-5-24-16)8-19-22-17/h4-6,8,11H,1-3,7,9-10H2,(H,18,22). The molecule has 0 radical (unpaired) electrons. The van der Waals surface area contributed by atoms with Gasteiger partial charge in [0.05, 0.1) is 18.2 Å². The number of aryl methyl sites for hydroxylation is 2. The van der Waals surface area contributed by atoms with Crippen LogP contribution < -0.4 is 10.2 Å². The van der Waals surface area contributed by atoms with E-state index in [1.54, 1.807) is 12.5 Å². The Morgan fingerprint density at radius 3 is 3.12 bits per heavy atom. The van der Waals surface area contributed by atoms with Gasteiger partial charge in [-0.2, -0.15) is 10.2 Å². The van der Waals surface area contributed by atoms with Crippen LogP contribution in [0.25, 0.3) is 11.0 Å². The van der Waals surface area contributed by atoms with Crippen LogP contribution in [0.3, 0.4) is 0 Å². The van der Waals surface area contributed by atoms with Crippen LogP contribution in [0.4, 0.5) is 11.6 Å². The van der Waals surface area contributed by atoms with E-state index >= 15 is 0 Å². The highest BCUT2D eigenvalue weighted by Crippen LogP contribution is 2.28. The lowest BCUT2D eigenvalue weighted by atomic mass is 10.00. The van der Waals surface area contributed by atoms with Gasteiger partial charge in [-0.1, -0.05) is 0 Å². The zero-order chi connectivity index (χ0) is 15.9. The normalized spacial score (nSPS) is 17.1. The second kappa shape index (κ2) is 5.43. The van der Waals surface area contributed by atoms with Crippen LogP contribution in [0.1, 0.15) is 17.7 Å². The van der Waals surface area contributed by atoms with Gasteiger partial charge in [-0.05, 0) is 37.0 Å². The lowest BCUT2D eigenvalue weighted by Gasteiger charge is -2.40. The summed E-state index contributed by atoms with van der Waals surface area (Å²) in [7, 11) is 0. The summed E-state index contributed by atoms with van der Waals surface area (Å²) in [5.74, 6) is 2.29. The summed E-state index contributed by atoms with van der Waals surface area (Å²) in [6.07, 6.45) is 6.80. The Kier molecular flexibility index (Phi) is 3.11. The lowest BCUT2D eigenvalue weighted by molar-refractivity contribution is 0.424. The maximum Gasteiger partial charge on any atom is 0.192 e. The topological polar surface area (TPSA) is 80.0 Å². The molecule has 24 heavy (non-hydrogen) atoms. The van der Waals surface area contributed by atoms with Crippen LogP contribution >= 0.6 is 0 Å². The number of nitrogens with zero attached hydrogens (tertiary/aromatic N) is 5. The molecule has 3 aromatic heterocycles. The molecule has 0 aromatic carbocycles. The fraction of sp³-hybridized carbons (Fsp3) is 0.412. The number of furan rings is 1. The molecule has 0 bridgehead atoms. The second-order valence-electron chi connectivity index (χ2n) is 6.58. The van der Waals surface area contributed by atoms with Crippen molar-refractivity contribution in [3.05, 3.63) is 35.9 Å². The van der Waals surface area contributed by atoms with Gasteiger partial charge >= 0.3 is 0 Å². The third-order valence-electron chi connectivity index (χ3n) is 4.91. The molecule has 0 unspecified atom stereocenters. The summed E-state index contributed by atoms with van der Waals surface area (Å²) in [6, 6.07) is 4.11. The second-order valence-corrected chi connectivity index (χ2v) is 6.58. The zero-order valence-electron chi connectivity index (χ0n) is 13.3. The predicted octanol–water partition coefficient (Wildman–Crippen LogP) is 2.05. The zero-order valence-corrected chi connectivity index (χ0v) is 13.3. The van der Waals surface area contributed by atoms with Gasteiger partial charge in [0.2, 0.25) is 0 Å². The molecule has 1 saturated heterocycles. The number of hydrogen-bond donors (Lipinski definition) is 1. The number of anilines is 2. The molecule has 5 rings (SSSR count). The van der Waals surface area contributed by atoms with Crippen LogP contribution in [0.15, 0.2) is 29.0 Å². The number of nitrogens with one attached hydrogen (secondary N) is 1. The minimum absolute atomic E-state index is 0.562. The molecular weight excluding hydrogens is 304 g/mol. The first-order chi connectivity index (χ1) is 11.9. The molecule has 1 aliphatic carbocycles. The molecule has 4 heterocycles. The Balaban J connectivity index is 1.21. The average molecular weight is 322 g/mol. The van der Waals surface area contributed by atoms with Crippen molar-refractivity contribution in [1.82, 2.24) is 20.4 Å². The van der Waals surface area contributed by atoms with E-state index in [2.05, 4.69) is 36.7 Å². The molecule has 3 aromatic rings. The number of rotatable bonds is 4. The Morgan fingerprint density at radius 1 is 1.21 bits per heavy atom. The average Bonchev–Trinajstić information content (AvgIpc) is 3.22. The van der Waals surface area contributed by atoms with Crippen molar-refractivity contribution in [1.29, 1.82) is 0 Å². The van der Waals surface area contributed by atoms with Crippen molar-refractivity contribution >= 4 is 22.6 Å². The lowest BCUT2D eigenvalue weighted by Crippen LogP contribution is -2.50. The molecule has 0 amide bonds. The third kappa shape index (κ3) is 2.28. The summed E-state index contributed by atoms with van der Waals surface area (Å²) in [6.45, 7) is 2.83. The summed E-state index contributed by atoms with van der Waals surface area (Å²) < 4.78 is 5.47. The van der Waals surface area contributed by atoms with Crippen molar-refractivity contribution in [3.8, 4) is 0 Å².